The zero-order valence-electron chi connectivity index (χ0n) is 15.5. The van der Waals surface area contributed by atoms with Crippen molar-refractivity contribution >= 4 is 23.6 Å². The number of hydrogen-bond acceptors (Lipinski definition) is 4. The highest BCUT2D eigenvalue weighted by Gasteiger charge is 2.30. The number of esters is 1. The molecule has 0 radical (unpaired) electrons. The fourth-order valence-electron chi connectivity index (χ4n) is 3.23. The van der Waals surface area contributed by atoms with Gasteiger partial charge in [0.05, 0.1) is 5.56 Å². The second-order valence-electron chi connectivity index (χ2n) is 7.00. The first-order chi connectivity index (χ1) is 12.3. The van der Waals surface area contributed by atoms with Crippen molar-refractivity contribution < 1.29 is 19.1 Å². The number of hydrogen-bond donors (Lipinski definition) is 3. The molecule has 1 aliphatic carbocycles. The molecule has 0 saturated heterocycles. The number of nitrogens with one attached hydrogen (secondary N) is 2. The number of carbonyl (C=O) groups excluding carboxylic acids is 3. The Morgan fingerprint density at radius 1 is 1.23 bits per heavy atom. The summed E-state index contributed by atoms with van der Waals surface area (Å²) in [5.74, 6) is 0.0288. The van der Waals surface area contributed by atoms with Crippen LogP contribution >= 0.6 is 0 Å². The van der Waals surface area contributed by atoms with E-state index in [4.69, 9.17) is 10.5 Å². The lowest BCUT2D eigenvalue weighted by molar-refractivity contribution is -0.130. The monoisotopic (exact) mass is 361 g/mol. The molecule has 3 amide bonds. The molecule has 4 atom stereocenters. The smallest absolute Gasteiger partial charge is 0.338 e. The molecule has 7 nitrogen and oxygen atoms in total. The van der Waals surface area contributed by atoms with E-state index < -0.39 is 18.1 Å². The maximum Gasteiger partial charge on any atom is 0.338 e. The first-order valence-corrected chi connectivity index (χ1v) is 8.95. The third kappa shape index (κ3) is 5.21. The lowest BCUT2D eigenvalue weighted by Crippen LogP contribution is -2.47. The van der Waals surface area contributed by atoms with Gasteiger partial charge in [-0.1, -0.05) is 32.8 Å². The zero-order valence-corrected chi connectivity index (χ0v) is 15.5. The number of anilines is 1. The molecule has 7 heteroatoms. The number of ether oxygens (including phenoxy) is 1. The summed E-state index contributed by atoms with van der Waals surface area (Å²) in [7, 11) is 0. The van der Waals surface area contributed by atoms with E-state index in [0.29, 0.717) is 17.5 Å². The Morgan fingerprint density at radius 3 is 2.65 bits per heavy atom. The molecule has 0 bridgehead atoms. The van der Waals surface area contributed by atoms with E-state index in [9.17, 15) is 14.4 Å². The molecule has 4 N–H and O–H groups in total. The van der Waals surface area contributed by atoms with Gasteiger partial charge in [-0.25, -0.2) is 9.59 Å². The van der Waals surface area contributed by atoms with Crippen molar-refractivity contribution in [3.63, 3.8) is 0 Å². The summed E-state index contributed by atoms with van der Waals surface area (Å²) < 4.78 is 5.27. The topological polar surface area (TPSA) is 111 Å². The van der Waals surface area contributed by atoms with Gasteiger partial charge in [-0.15, -0.1) is 0 Å². The Balaban J connectivity index is 1.93. The van der Waals surface area contributed by atoms with E-state index in [1.807, 2.05) is 0 Å². The van der Waals surface area contributed by atoms with Crippen LogP contribution in [0.4, 0.5) is 10.5 Å². The summed E-state index contributed by atoms with van der Waals surface area (Å²) in [5, 5.41) is 5.39. The van der Waals surface area contributed by atoms with Crippen LogP contribution in [-0.4, -0.2) is 30.1 Å². The Bertz CT molecular complexity index is 677. The van der Waals surface area contributed by atoms with Crippen LogP contribution in [0.2, 0.25) is 0 Å². The SMILES string of the molecule is C[C@@H]1[C@H](C)CCC[C@H]1NC(=O)[C@@H](C)OC(=O)c1cccc(NC(N)=O)c1. The standard InChI is InChI=1S/C19H27N3O4/c1-11-6-4-9-16(12(11)2)22-17(23)13(3)26-18(24)14-7-5-8-15(10-14)21-19(20)25/h5,7-8,10-13,16H,4,6,9H2,1-3H3,(H,22,23)(H3,20,21,25)/t11-,12-,13-,16-/m1/s1. The number of nitrogens with two attached hydrogens (primary N) is 1. The second kappa shape index (κ2) is 8.69. The van der Waals surface area contributed by atoms with Crippen molar-refractivity contribution in [2.75, 3.05) is 5.32 Å². The third-order valence-electron chi connectivity index (χ3n) is 5.05. The molecule has 1 aliphatic rings. The van der Waals surface area contributed by atoms with E-state index in [1.54, 1.807) is 25.1 Å². The third-order valence-corrected chi connectivity index (χ3v) is 5.05. The van der Waals surface area contributed by atoms with Crippen LogP contribution in [0.15, 0.2) is 24.3 Å². The van der Waals surface area contributed by atoms with Gasteiger partial charge in [0, 0.05) is 11.7 Å². The summed E-state index contributed by atoms with van der Waals surface area (Å²) in [4.78, 5) is 35.5. The summed E-state index contributed by atoms with van der Waals surface area (Å²) >= 11 is 0. The van der Waals surface area contributed by atoms with Gasteiger partial charge in [0.2, 0.25) is 0 Å². The predicted molar refractivity (Wildman–Crippen MR) is 98.6 cm³/mol. The average Bonchev–Trinajstić information content (AvgIpc) is 2.58. The quantitative estimate of drug-likeness (QED) is 0.700. The van der Waals surface area contributed by atoms with Crippen molar-refractivity contribution in [3.05, 3.63) is 29.8 Å². The molecule has 2 rings (SSSR count). The molecule has 0 spiro atoms. The Morgan fingerprint density at radius 2 is 1.96 bits per heavy atom. The maximum absolute atomic E-state index is 12.4. The minimum absolute atomic E-state index is 0.107. The van der Waals surface area contributed by atoms with Gasteiger partial charge in [-0.3, -0.25) is 4.79 Å². The first kappa shape index (κ1) is 19.8. The van der Waals surface area contributed by atoms with E-state index in [-0.39, 0.29) is 17.5 Å². The van der Waals surface area contributed by atoms with Crippen molar-refractivity contribution in [1.29, 1.82) is 0 Å². The highest BCUT2D eigenvalue weighted by molar-refractivity contribution is 5.95. The van der Waals surface area contributed by atoms with Gasteiger partial charge in [-0.05, 0) is 43.4 Å². The molecule has 1 aromatic rings. The van der Waals surface area contributed by atoms with Crippen LogP contribution in [0.3, 0.4) is 0 Å². The minimum atomic E-state index is -0.903. The van der Waals surface area contributed by atoms with Crippen LogP contribution in [0.25, 0.3) is 0 Å². The summed E-state index contributed by atoms with van der Waals surface area (Å²) in [6.45, 7) is 5.89. The summed E-state index contributed by atoms with van der Waals surface area (Å²) in [6.07, 6.45) is 2.30. The van der Waals surface area contributed by atoms with Crippen molar-refractivity contribution in [1.82, 2.24) is 5.32 Å². The molecule has 1 saturated carbocycles. The number of benzene rings is 1. The van der Waals surface area contributed by atoms with Crippen LogP contribution in [-0.2, 0) is 9.53 Å². The summed E-state index contributed by atoms with van der Waals surface area (Å²) in [5.41, 5.74) is 5.68. The van der Waals surface area contributed by atoms with Crippen LogP contribution in [0.1, 0.15) is 50.4 Å². The molecule has 0 heterocycles. The molecule has 142 valence electrons. The van der Waals surface area contributed by atoms with Crippen LogP contribution in [0, 0.1) is 11.8 Å². The average molecular weight is 361 g/mol. The van der Waals surface area contributed by atoms with E-state index in [2.05, 4.69) is 24.5 Å². The normalized spacial score (nSPS) is 23.6. The minimum Gasteiger partial charge on any atom is -0.449 e. The fourth-order valence-corrected chi connectivity index (χ4v) is 3.23. The molecule has 26 heavy (non-hydrogen) atoms. The van der Waals surface area contributed by atoms with Crippen molar-refractivity contribution in [3.8, 4) is 0 Å². The van der Waals surface area contributed by atoms with Gasteiger partial charge < -0.3 is 21.1 Å². The molecule has 0 aliphatic heterocycles. The highest BCUT2D eigenvalue weighted by atomic mass is 16.5. The number of primary amides is 1. The van der Waals surface area contributed by atoms with Gasteiger partial charge >= 0.3 is 12.0 Å². The van der Waals surface area contributed by atoms with Crippen LogP contribution in [0.5, 0.6) is 0 Å². The lowest BCUT2D eigenvalue weighted by atomic mass is 9.78. The molecular weight excluding hydrogens is 334 g/mol. The summed E-state index contributed by atoms with van der Waals surface area (Å²) in [6, 6.07) is 5.57. The predicted octanol–water partition coefficient (Wildman–Crippen LogP) is 2.66. The van der Waals surface area contributed by atoms with E-state index in [1.165, 1.54) is 12.5 Å². The zero-order chi connectivity index (χ0) is 19.3. The molecule has 1 fully saturated rings. The van der Waals surface area contributed by atoms with Gasteiger partial charge in [0.15, 0.2) is 6.10 Å². The largest absolute Gasteiger partial charge is 0.449 e. The Labute approximate surface area is 153 Å². The Hall–Kier alpha value is -2.57. The molecular formula is C19H27N3O4. The number of carbonyl (C=O) groups is 3. The van der Waals surface area contributed by atoms with Crippen LogP contribution < -0.4 is 16.4 Å². The number of rotatable bonds is 5. The van der Waals surface area contributed by atoms with Crippen molar-refractivity contribution in [2.45, 2.75) is 52.2 Å². The molecule has 1 aromatic carbocycles. The second-order valence-corrected chi connectivity index (χ2v) is 7.00. The van der Waals surface area contributed by atoms with Crippen molar-refractivity contribution in [2.24, 2.45) is 17.6 Å². The Kier molecular flexibility index (Phi) is 6.60. The molecule has 0 aromatic heterocycles. The first-order valence-electron chi connectivity index (χ1n) is 8.95. The van der Waals surface area contributed by atoms with E-state index in [0.717, 1.165) is 12.8 Å². The molecule has 0 unspecified atom stereocenters. The fraction of sp³-hybridized carbons (Fsp3) is 0.526. The highest BCUT2D eigenvalue weighted by Crippen LogP contribution is 2.29. The number of amides is 3. The number of urea groups is 1. The lowest BCUT2D eigenvalue weighted by Gasteiger charge is -2.35. The van der Waals surface area contributed by atoms with E-state index >= 15 is 0 Å². The maximum atomic E-state index is 12.4. The van der Waals surface area contributed by atoms with Gasteiger partial charge in [-0.2, -0.15) is 0 Å². The van der Waals surface area contributed by atoms with Gasteiger partial charge in [0.25, 0.3) is 5.91 Å². The van der Waals surface area contributed by atoms with Gasteiger partial charge in [0.1, 0.15) is 0 Å².